The molecule has 130 valence electrons. The summed E-state index contributed by atoms with van der Waals surface area (Å²) in [5, 5.41) is 0. The number of nitrogens with zero attached hydrogens (tertiary/aromatic N) is 2. The van der Waals surface area contributed by atoms with Crippen molar-refractivity contribution in [1.29, 1.82) is 0 Å². The molecule has 2 aromatic carbocycles. The lowest BCUT2D eigenvalue weighted by Crippen LogP contribution is -2.36. The van der Waals surface area contributed by atoms with Crippen molar-refractivity contribution in [2.45, 2.75) is 33.2 Å². The molecule has 4 nitrogen and oxygen atoms in total. The Morgan fingerprint density at radius 3 is 2.44 bits per heavy atom. The van der Waals surface area contributed by atoms with E-state index in [4.69, 9.17) is 0 Å². The van der Waals surface area contributed by atoms with Gasteiger partial charge in [-0.15, -0.1) is 0 Å². The monoisotopic (exact) mass is 336 g/mol. The highest BCUT2D eigenvalue weighted by Crippen LogP contribution is 2.33. The number of fused-ring (bicyclic) bond motifs is 1. The zero-order valence-electron chi connectivity index (χ0n) is 15.0. The van der Waals surface area contributed by atoms with Crippen molar-refractivity contribution < 1.29 is 9.59 Å². The molecule has 1 aliphatic rings. The Kier molecular flexibility index (Phi) is 4.88. The topological polar surface area (TPSA) is 40.6 Å². The zero-order valence-corrected chi connectivity index (χ0v) is 15.0. The Morgan fingerprint density at radius 2 is 1.72 bits per heavy atom. The molecule has 0 spiro atoms. The zero-order chi connectivity index (χ0) is 18.0. The van der Waals surface area contributed by atoms with Gasteiger partial charge in [0.05, 0.1) is 0 Å². The van der Waals surface area contributed by atoms with Crippen molar-refractivity contribution >= 4 is 17.5 Å². The number of benzene rings is 2. The fourth-order valence-corrected chi connectivity index (χ4v) is 3.49. The molecule has 0 N–H and O–H groups in total. The standard InChI is InChI=1S/C21H24N2O2/c1-4-22(5-2)20(24)17-10-8-11-18(14-17)21(25)23-15(3)13-16-9-6-7-12-19(16)23/h6-12,14-15H,4-5,13H2,1-3H3. The summed E-state index contributed by atoms with van der Waals surface area (Å²) in [4.78, 5) is 29.3. The van der Waals surface area contributed by atoms with Crippen LogP contribution >= 0.6 is 0 Å². The molecule has 0 saturated carbocycles. The van der Waals surface area contributed by atoms with E-state index in [-0.39, 0.29) is 17.9 Å². The smallest absolute Gasteiger partial charge is 0.258 e. The summed E-state index contributed by atoms with van der Waals surface area (Å²) in [6, 6.07) is 15.2. The Morgan fingerprint density at radius 1 is 1.04 bits per heavy atom. The molecule has 1 heterocycles. The van der Waals surface area contributed by atoms with E-state index in [9.17, 15) is 9.59 Å². The first-order valence-corrected chi connectivity index (χ1v) is 8.87. The molecule has 2 aromatic rings. The van der Waals surface area contributed by atoms with Crippen LogP contribution in [-0.4, -0.2) is 35.8 Å². The average molecular weight is 336 g/mol. The minimum Gasteiger partial charge on any atom is -0.339 e. The van der Waals surface area contributed by atoms with E-state index in [1.54, 1.807) is 29.2 Å². The van der Waals surface area contributed by atoms with Gasteiger partial charge in [0.15, 0.2) is 0 Å². The quantitative estimate of drug-likeness (QED) is 0.853. The molecule has 0 aliphatic carbocycles. The highest BCUT2D eigenvalue weighted by atomic mass is 16.2. The first kappa shape index (κ1) is 17.2. The lowest BCUT2D eigenvalue weighted by molar-refractivity contribution is 0.0773. The van der Waals surface area contributed by atoms with E-state index in [1.807, 2.05) is 36.9 Å². The molecule has 3 rings (SSSR count). The summed E-state index contributed by atoms with van der Waals surface area (Å²) in [6.07, 6.45) is 0.861. The maximum Gasteiger partial charge on any atom is 0.258 e. The minimum absolute atomic E-state index is 0.0329. The highest BCUT2D eigenvalue weighted by Gasteiger charge is 2.31. The molecule has 1 aliphatic heterocycles. The molecule has 0 bridgehead atoms. The van der Waals surface area contributed by atoms with Crippen molar-refractivity contribution in [2.75, 3.05) is 18.0 Å². The molecule has 0 aromatic heterocycles. The second-order valence-corrected chi connectivity index (χ2v) is 6.42. The summed E-state index contributed by atoms with van der Waals surface area (Å²) in [7, 11) is 0. The Bertz CT molecular complexity index is 796. The number of hydrogen-bond donors (Lipinski definition) is 0. The van der Waals surface area contributed by atoms with Crippen molar-refractivity contribution in [3.8, 4) is 0 Å². The Balaban J connectivity index is 1.91. The van der Waals surface area contributed by atoms with E-state index in [2.05, 4.69) is 13.0 Å². The number of hydrogen-bond acceptors (Lipinski definition) is 2. The van der Waals surface area contributed by atoms with Crippen LogP contribution in [0, 0.1) is 0 Å². The van der Waals surface area contributed by atoms with Crippen molar-refractivity contribution in [2.24, 2.45) is 0 Å². The van der Waals surface area contributed by atoms with E-state index in [0.717, 1.165) is 12.1 Å². The second kappa shape index (κ2) is 7.09. The van der Waals surface area contributed by atoms with Crippen LogP contribution in [0.2, 0.25) is 0 Å². The third-order valence-electron chi connectivity index (χ3n) is 4.83. The van der Waals surface area contributed by atoms with Crippen LogP contribution < -0.4 is 4.90 Å². The molecule has 0 radical (unpaired) electrons. The molecular weight excluding hydrogens is 312 g/mol. The van der Waals surface area contributed by atoms with Crippen molar-refractivity contribution in [1.82, 2.24) is 4.90 Å². The van der Waals surface area contributed by atoms with Crippen molar-refractivity contribution in [3.63, 3.8) is 0 Å². The Labute approximate surface area is 149 Å². The van der Waals surface area contributed by atoms with E-state index < -0.39 is 0 Å². The fraction of sp³-hybridized carbons (Fsp3) is 0.333. The highest BCUT2D eigenvalue weighted by molar-refractivity contribution is 6.09. The second-order valence-electron chi connectivity index (χ2n) is 6.42. The maximum atomic E-state index is 13.1. The van der Waals surface area contributed by atoms with E-state index >= 15 is 0 Å². The average Bonchev–Trinajstić information content (AvgIpc) is 2.97. The first-order valence-electron chi connectivity index (χ1n) is 8.87. The Hall–Kier alpha value is -2.62. The molecule has 1 unspecified atom stereocenters. The summed E-state index contributed by atoms with van der Waals surface area (Å²) < 4.78 is 0. The van der Waals surface area contributed by atoms with Gasteiger partial charge in [0, 0.05) is 35.9 Å². The van der Waals surface area contributed by atoms with Gasteiger partial charge in [0.1, 0.15) is 0 Å². The first-order chi connectivity index (χ1) is 12.1. The van der Waals surface area contributed by atoms with Crippen LogP contribution in [0.5, 0.6) is 0 Å². The largest absolute Gasteiger partial charge is 0.339 e. The minimum atomic E-state index is -0.0494. The summed E-state index contributed by atoms with van der Waals surface area (Å²) in [6.45, 7) is 7.29. The van der Waals surface area contributed by atoms with Crippen molar-refractivity contribution in [3.05, 3.63) is 65.2 Å². The van der Waals surface area contributed by atoms with Crippen LogP contribution in [0.3, 0.4) is 0 Å². The summed E-state index contributed by atoms with van der Waals surface area (Å²) in [5.41, 5.74) is 3.29. The molecule has 0 fully saturated rings. The van der Waals surface area contributed by atoms with Gasteiger partial charge in [-0.25, -0.2) is 0 Å². The molecule has 1 atom stereocenters. The van der Waals surface area contributed by atoms with Crippen LogP contribution in [0.15, 0.2) is 48.5 Å². The number of para-hydroxylation sites is 1. The molecule has 25 heavy (non-hydrogen) atoms. The van der Waals surface area contributed by atoms with Crippen LogP contribution in [0.1, 0.15) is 47.1 Å². The van der Waals surface area contributed by atoms with E-state index in [0.29, 0.717) is 24.2 Å². The van der Waals surface area contributed by atoms with Gasteiger partial charge in [-0.1, -0.05) is 24.3 Å². The van der Waals surface area contributed by atoms with E-state index in [1.165, 1.54) is 5.56 Å². The van der Waals surface area contributed by atoms with Crippen LogP contribution in [-0.2, 0) is 6.42 Å². The number of rotatable bonds is 4. The number of carbonyl (C=O) groups is 2. The molecule has 2 amide bonds. The lowest BCUT2D eigenvalue weighted by Gasteiger charge is -2.23. The third-order valence-corrected chi connectivity index (χ3v) is 4.83. The van der Waals surface area contributed by atoms with Gasteiger partial charge >= 0.3 is 0 Å². The van der Waals surface area contributed by atoms with Gasteiger partial charge in [-0.3, -0.25) is 9.59 Å². The maximum absolute atomic E-state index is 13.1. The molecule has 4 heteroatoms. The predicted molar refractivity (Wildman–Crippen MR) is 100 cm³/mol. The summed E-state index contributed by atoms with van der Waals surface area (Å²) >= 11 is 0. The lowest BCUT2D eigenvalue weighted by atomic mass is 10.1. The predicted octanol–water partition coefficient (Wildman–Crippen LogP) is 3.76. The number of amides is 2. The fourth-order valence-electron chi connectivity index (χ4n) is 3.49. The van der Waals surface area contributed by atoms with Gasteiger partial charge < -0.3 is 9.80 Å². The molecular formula is C21H24N2O2. The van der Waals surface area contributed by atoms with Gasteiger partial charge in [0.25, 0.3) is 11.8 Å². The summed E-state index contributed by atoms with van der Waals surface area (Å²) in [5.74, 6) is -0.0823. The number of carbonyl (C=O) groups excluding carboxylic acids is 2. The third kappa shape index (κ3) is 3.16. The van der Waals surface area contributed by atoms with Gasteiger partial charge in [0.2, 0.25) is 0 Å². The molecule has 0 saturated heterocycles. The van der Waals surface area contributed by atoms with Crippen LogP contribution in [0.25, 0.3) is 0 Å². The normalized spacial score (nSPS) is 15.8. The van der Waals surface area contributed by atoms with Gasteiger partial charge in [-0.2, -0.15) is 0 Å². The van der Waals surface area contributed by atoms with Gasteiger partial charge in [-0.05, 0) is 57.0 Å². The number of anilines is 1. The SMILES string of the molecule is CCN(CC)C(=O)c1cccc(C(=O)N2c3ccccc3CC2C)c1. The van der Waals surface area contributed by atoms with Crippen LogP contribution in [0.4, 0.5) is 5.69 Å².